The van der Waals surface area contributed by atoms with E-state index in [1.54, 1.807) is 0 Å². The zero-order chi connectivity index (χ0) is 10.3. The minimum Gasteiger partial charge on any atom is -0.223 e. The highest BCUT2D eigenvalue weighted by molar-refractivity contribution is 7.89. The van der Waals surface area contributed by atoms with Gasteiger partial charge >= 0.3 is 6.05 Å². The highest BCUT2D eigenvalue weighted by Gasteiger charge is 2.26. The van der Waals surface area contributed by atoms with E-state index in [0.717, 1.165) is 12.3 Å². The number of sulfonamides is 1. The van der Waals surface area contributed by atoms with Crippen molar-refractivity contribution in [2.45, 2.75) is 18.0 Å². The van der Waals surface area contributed by atoms with Crippen LogP contribution in [0.4, 0.5) is 8.78 Å². The third-order valence-electron chi connectivity index (χ3n) is 1.26. The molecule has 0 atom stereocenters. The summed E-state index contributed by atoms with van der Waals surface area (Å²) in [6, 6.07) is -2.32. The Kier molecular flexibility index (Phi) is 2.12. The van der Waals surface area contributed by atoms with Crippen LogP contribution >= 0.6 is 0 Å². The van der Waals surface area contributed by atoms with Crippen molar-refractivity contribution in [1.29, 1.82) is 0 Å². The number of aromatic nitrogens is 2. The van der Waals surface area contributed by atoms with Crippen LogP contribution in [0.3, 0.4) is 0 Å². The molecule has 1 aromatic heterocycles. The van der Waals surface area contributed by atoms with Gasteiger partial charge in [0.2, 0.25) is 0 Å². The van der Waals surface area contributed by atoms with Gasteiger partial charge in [-0.25, -0.2) is 18.2 Å². The quantitative estimate of drug-likeness (QED) is 0.753. The Balaban J connectivity index is 3.16. The normalized spacial score (nSPS) is 13.2. The Hall–Kier alpha value is -1.02. The number of nitrogens with zero attached hydrogens (tertiary/aromatic N) is 2. The van der Waals surface area contributed by atoms with Crippen LogP contribution in [0.1, 0.15) is 6.92 Å². The smallest absolute Gasteiger partial charge is 0.223 e. The molecule has 0 unspecified atom stereocenters. The average molecular weight is 211 g/mol. The van der Waals surface area contributed by atoms with Crippen molar-refractivity contribution in [2.24, 2.45) is 5.14 Å². The Morgan fingerprint density at radius 1 is 1.62 bits per heavy atom. The summed E-state index contributed by atoms with van der Waals surface area (Å²) in [5.41, 5.74) is 0. The first kappa shape index (κ1) is 10.1. The predicted octanol–water partition coefficient (Wildman–Crippen LogP) is 0.0997. The summed E-state index contributed by atoms with van der Waals surface area (Å²) in [7, 11) is -4.01. The van der Waals surface area contributed by atoms with Crippen LogP contribution in [0.15, 0.2) is 17.3 Å². The van der Waals surface area contributed by atoms with Crippen molar-refractivity contribution >= 4 is 10.0 Å². The first-order valence-electron chi connectivity index (χ1n) is 3.18. The summed E-state index contributed by atoms with van der Waals surface area (Å²) in [5, 5.41) is 7.20. The lowest BCUT2D eigenvalue weighted by molar-refractivity contribution is -0.0732. The van der Waals surface area contributed by atoms with Crippen LogP contribution in [0.2, 0.25) is 0 Å². The molecule has 13 heavy (non-hydrogen) atoms. The SMILES string of the molecule is CC(F)(F)n1ccc(S(N)(=O)=O)n1. The Labute approximate surface area is 73.2 Å². The van der Waals surface area contributed by atoms with Gasteiger partial charge in [0.05, 0.1) is 0 Å². The van der Waals surface area contributed by atoms with Gasteiger partial charge in [0, 0.05) is 13.1 Å². The molecule has 0 saturated heterocycles. The molecule has 8 heteroatoms. The topological polar surface area (TPSA) is 78.0 Å². The van der Waals surface area contributed by atoms with Crippen molar-refractivity contribution in [1.82, 2.24) is 9.78 Å². The molecule has 0 spiro atoms. The second-order valence-corrected chi connectivity index (χ2v) is 3.99. The first-order valence-corrected chi connectivity index (χ1v) is 4.72. The third kappa shape index (κ3) is 2.22. The van der Waals surface area contributed by atoms with E-state index in [-0.39, 0.29) is 4.68 Å². The van der Waals surface area contributed by atoms with Crippen LogP contribution in [0.5, 0.6) is 0 Å². The summed E-state index contributed by atoms with van der Waals surface area (Å²) in [6.45, 7) is 0.590. The molecule has 5 nitrogen and oxygen atoms in total. The molecule has 0 aliphatic rings. The fraction of sp³-hybridized carbons (Fsp3) is 0.400. The fourth-order valence-electron chi connectivity index (χ4n) is 0.678. The van der Waals surface area contributed by atoms with Crippen molar-refractivity contribution < 1.29 is 17.2 Å². The molecule has 0 amide bonds. The number of nitrogens with two attached hydrogens (primary N) is 1. The van der Waals surface area contributed by atoms with Gasteiger partial charge in [-0.2, -0.15) is 13.9 Å². The van der Waals surface area contributed by atoms with Gasteiger partial charge in [0.25, 0.3) is 10.0 Å². The van der Waals surface area contributed by atoms with E-state index in [2.05, 4.69) is 10.2 Å². The average Bonchev–Trinajstić information content (AvgIpc) is 2.28. The Morgan fingerprint density at radius 2 is 2.15 bits per heavy atom. The highest BCUT2D eigenvalue weighted by Crippen LogP contribution is 2.18. The van der Waals surface area contributed by atoms with Crippen molar-refractivity contribution in [3.63, 3.8) is 0 Å². The van der Waals surface area contributed by atoms with Gasteiger partial charge in [-0.15, -0.1) is 0 Å². The van der Waals surface area contributed by atoms with E-state index < -0.39 is 21.1 Å². The molecule has 1 heterocycles. The number of rotatable bonds is 2. The Bertz CT molecular complexity index is 406. The zero-order valence-corrected chi connectivity index (χ0v) is 7.42. The van der Waals surface area contributed by atoms with Crippen LogP contribution in [0, 0.1) is 0 Å². The maximum Gasteiger partial charge on any atom is 0.340 e. The van der Waals surface area contributed by atoms with Crippen molar-refractivity contribution in [2.75, 3.05) is 0 Å². The Morgan fingerprint density at radius 3 is 2.38 bits per heavy atom. The number of alkyl halides is 2. The monoisotopic (exact) mass is 211 g/mol. The molecule has 0 radical (unpaired) electrons. The molecule has 0 bridgehead atoms. The predicted molar refractivity (Wildman–Crippen MR) is 39.5 cm³/mol. The lowest BCUT2D eigenvalue weighted by Gasteiger charge is -2.08. The molecule has 0 aromatic carbocycles. The lowest BCUT2D eigenvalue weighted by Crippen LogP contribution is -2.20. The second kappa shape index (κ2) is 2.74. The number of halogens is 2. The molecule has 0 aliphatic carbocycles. The first-order chi connectivity index (χ1) is 5.71. The van der Waals surface area contributed by atoms with Gasteiger partial charge in [-0.1, -0.05) is 0 Å². The van der Waals surface area contributed by atoms with E-state index in [0.29, 0.717) is 6.92 Å². The van der Waals surface area contributed by atoms with Crippen LogP contribution in [-0.2, 0) is 16.1 Å². The highest BCUT2D eigenvalue weighted by atomic mass is 32.2. The number of hydrogen-bond acceptors (Lipinski definition) is 3. The maximum absolute atomic E-state index is 12.5. The molecule has 2 N–H and O–H groups in total. The molecule has 0 fully saturated rings. The van der Waals surface area contributed by atoms with Gasteiger partial charge < -0.3 is 0 Å². The van der Waals surface area contributed by atoms with Crippen LogP contribution in [0.25, 0.3) is 0 Å². The largest absolute Gasteiger partial charge is 0.340 e. The lowest BCUT2D eigenvalue weighted by atomic mass is 10.6. The molecular weight excluding hydrogens is 204 g/mol. The summed E-state index contributed by atoms with van der Waals surface area (Å²) >= 11 is 0. The number of hydrogen-bond donors (Lipinski definition) is 1. The number of primary sulfonamides is 1. The summed E-state index contributed by atoms with van der Waals surface area (Å²) in [6.07, 6.45) is 0.847. The summed E-state index contributed by atoms with van der Waals surface area (Å²) in [5.74, 6) is 0. The van der Waals surface area contributed by atoms with E-state index in [4.69, 9.17) is 0 Å². The molecule has 0 aliphatic heterocycles. The van der Waals surface area contributed by atoms with Crippen LogP contribution < -0.4 is 5.14 Å². The van der Waals surface area contributed by atoms with Crippen molar-refractivity contribution in [3.8, 4) is 0 Å². The van der Waals surface area contributed by atoms with Gasteiger partial charge in [-0.05, 0) is 6.07 Å². The third-order valence-corrected chi connectivity index (χ3v) is 2.06. The standard InChI is InChI=1S/C5H7F2N3O2S/c1-5(6,7)10-3-2-4(9-10)13(8,11)12/h2-3H,1H3,(H2,8,11,12). The van der Waals surface area contributed by atoms with Crippen molar-refractivity contribution in [3.05, 3.63) is 12.3 Å². The molecule has 1 rings (SSSR count). The summed E-state index contributed by atoms with van der Waals surface area (Å²) < 4.78 is 46.5. The minimum absolute atomic E-state index is 0.229. The van der Waals surface area contributed by atoms with E-state index in [9.17, 15) is 17.2 Å². The molecule has 74 valence electrons. The second-order valence-electron chi connectivity index (χ2n) is 2.49. The minimum atomic E-state index is -4.01. The maximum atomic E-state index is 12.5. The zero-order valence-electron chi connectivity index (χ0n) is 6.61. The summed E-state index contributed by atoms with van der Waals surface area (Å²) in [4.78, 5) is 0. The van der Waals surface area contributed by atoms with E-state index >= 15 is 0 Å². The molecule has 1 aromatic rings. The van der Waals surface area contributed by atoms with E-state index in [1.165, 1.54) is 0 Å². The molecular formula is C5H7F2N3O2S. The fourth-order valence-corrected chi connectivity index (χ4v) is 1.13. The van der Waals surface area contributed by atoms with Gasteiger partial charge in [0.1, 0.15) is 0 Å². The van der Waals surface area contributed by atoms with Crippen LogP contribution in [-0.4, -0.2) is 18.2 Å². The van der Waals surface area contributed by atoms with Gasteiger partial charge in [-0.3, -0.25) is 0 Å². The van der Waals surface area contributed by atoms with Gasteiger partial charge in [0.15, 0.2) is 5.03 Å². The van der Waals surface area contributed by atoms with E-state index in [1.807, 2.05) is 0 Å². The molecule has 0 saturated carbocycles.